The molecule has 0 aliphatic heterocycles. The maximum Gasteiger partial charge on any atom is 0.184 e. The number of likely N-dealkylation sites (N-methyl/N-ethyl adjacent to an activating group) is 1. The van der Waals surface area contributed by atoms with Crippen LogP contribution in [0.4, 0.5) is 0 Å². The molecule has 0 saturated carbocycles. The van der Waals surface area contributed by atoms with Gasteiger partial charge < -0.3 is 15.1 Å². The Bertz CT molecular complexity index is 399. The van der Waals surface area contributed by atoms with Crippen LogP contribution < -0.4 is 0 Å². The lowest BCUT2D eigenvalue weighted by molar-refractivity contribution is 0.0952. The van der Waals surface area contributed by atoms with Crippen LogP contribution in [0.3, 0.4) is 0 Å². The molecule has 0 heterocycles. The van der Waals surface area contributed by atoms with Crippen LogP contribution in [0.25, 0.3) is 0 Å². The number of benzene rings is 1. The number of rotatable bonds is 4. The molecule has 0 bridgehead atoms. The van der Waals surface area contributed by atoms with E-state index in [4.69, 9.17) is 0 Å². The first kappa shape index (κ1) is 12.5. The Balaban J connectivity index is 3.16. The zero-order chi connectivity index (χ0) is 12.3. The van der Waals surface area contributed by atoms with Gasteiger partial charge in [0.05, 0.1) is 6.54 Å². The molecule has 0 fully saturated rings. The minimum Gasteiger partial charge on any atom is -0.507 e. The lowest BCUT2D eigenvalue weighted by atomic mass is 10.0. The second-order valence-corrected chi connectivity index (χ2v) is 3.98. The first-order chi connectivity index (χ1) is 7.47. The van der Waals surface area contributed by atoms with E-state index < -0.39 is 0 Å². The van der Waals surface area contributed by atoms with Gasteiger partial charge in [-0.2, -0.15) is 0 Å². The monoisotopic (exact) mass is 223 g/mol. The third kappa shape index (κ3) is 2.52. The highest BCUT2D eigenvalue weighted by atomic mass is 16.3. The second kappa shape index (κ2) is 4.99. The number of phenols is 2. The van der Waals surface area contributed by atoms with Gasteiger partial charge in [0, 0.05) is 0 Å². The maximum absolute atomic E-state index is 11.8. The molecule has 0 amide bonds. The molecule has 0 radical (unpaired) electrons. The van der Waals surface area contributed by atoms with Crippen LogP contribution in [0, 0.1) is 0 Å². The molecule has 4 nitrogen and oxygen atoms in total. The van der Waals surface area contributed by atoms with E-state index in [1.54, 1.807) is 25.1 Å². The van der Waals surface area contributed by atoms with Crippen molar-refractivity contribution < 1.29 is 15.0 Å². The van der Waals surface area contributed by atoms with Crippen LogP contribution >= 0.6 is 0 Å². The third-order valence-electron chi connectivity index (χ3n) is 2.36. The van der Waals surface area contributed by atoms with Crippen molar-refractivity contribution in [2.75, 3.05) is 20.6 Å². The van der Waals surface area contributed by atoms with Gasteiger partial charge >= 0.3 is 0 Å². The summed E-state index contributed by atoms with van der Waals surface area (Å²) < 4.78 is 0. The zero-order valence-corrected chi connectivity index (χ0v) is 9.82. The van der Waals surface area contributed by atoms with Crippen molar-refractivity contribution in [3.05, 3.63) is 23.3 Å². The van der Waals surface area contributed by atoms with Crippen molar-refractivity contribution in [2.45, 2.75) is 13.3 Å². The van der Waals surface area contributed by atoms with Gasteiger partial charge in [0.1, 0.15) is 17.1 Å². The number of aryl methyl sites for hydroxylation is 1. The van der Waals surface area contributed by atoms with Crippen molar-refractivity contribution in [3.63, 3.8) is 0 Å². The lowest BCUT2D eigenvalue weighted by Gasteiger charge is -2.12. The first-order valence-electron chi connectivity index (χ1n) is 5.19. The van der Waals surface area contributed by atoms with Gasteiger partial charge in [0.2, 0.25) is 0 Å². The van der Waals surface area contributed by atoms with Crippen molar-refractivity contribution >= 4 is 5.78 Å². The molecular formula is C12H17NO3. The number of nitrogens with zero attached hydrogens (tertiary/aromatic N) is 1. The van der Waals surface area contributed by atoms with E-state index in [0.717, 1.165) is 0 Å². The van der Waals surface area contributed by atoms with Gasteiger partial charge in [-0.15, -0.1) is 0 Å². The molecule has 0 unspecified atom stereocenters. The fraction of sp³-hybridized carbons (Fsp3) is 0.417. The highest BCUT2D eigenvalue weighted by Gasteiger charge is 2.18. The highest BCUT2D eigenvalue weighted by molar-refractivity contribution is 6.02. The average Bonchev–Trinajstić information content (AvgIpc) is 2.16. The van der Waals surface area contributed by atoms with Gasteiger partial charge in [0.15, 0.2) is 5.78 Å². The second-order valence-electron chi connectivity index (χ2n) is 3.98. The van der Waals surface area contributed by atoms with Crippen LogP contribution in [0.2, 0.25) is 0 Å². The molecule has 0 atom stereocenters. The van der Waals surface area contributed by atoms with E-state index >= 15 is 0 Å². The van der Waals surface area contributed by atoms with Crippen molar-refractivity contribution in [3.8, 4) is 11.5 Å². The van der Waals surface area contributed by atoms with Gasteiger partial charge in [-0.1, -0.05) is 13.0 Å². The number of carbonyl (C=O) groups is 1. The number of ketones is 1. The molecule has 2 N–H and O–H groups in total. The summed E-state index contributed by atoms with van der Waals surface area (Å²) in [6.45, 7) is 2.04. The smallest absolute Gasteiger partial charge is 0.184 e. The molecule has 88 valence electrons. The number of aromatic hydroxyl groups is 2. The van der Waals surface area contributed by atoms with Crippen LogP contribution in [0.1, 0.15) is 22.8 Å². The van der Waals surface area contributed by atoms with E-state index in [1.807, 2.05) is 6.92 Å². The van der Waals surface area contributed by atoms with E-state index in [9.17, 15) is 15.0 Å². The minimum atomic E-state index is -0.282. The Morgan fingerprint density at radius 1 is 1.31 bits per heavy atom. The maximum atomic E-state index is 11.8. The van der Waals surface area contributed by atoms with Gasteiger partial charge in [-0.3, -0.25) is 4.79 Å². The van der Waals surface area contributed by atoms with Gasteiger partial charge in [0.25, 0.3) is 0 Å². The Labute approximate surface area is 95.1 Å². The summed E-state index contributed by atoms with van der Waals surface area (Å²) in [6, 6.07) is 3.07. The first-order valence-corrected chi connectivity index (χ1v) is 5.19. The predicted octanol–water partition coefficient (Wildman–Crippen LogP) is 1.40. The van der Waals surface area contributed by atoms with Gasteiger partial charge in [-0.05, 0) is 32.1 Å². The van der Waals surface area contributed by atoms with Crippen molar-refractivity contribution in [1.29, 1.82) is 0 Å². The Morgan fingerprint density at radius 3 is 2.44 bits per heavy atom. The SMILES string of the molecule is CCc1ccc(O)c(C(=O)CN(C)C)c1O. The number of carbonyl (C=O) groups excluding carboxylic acids is 1. The number of hydrogen-bond donors (Lipinski definition) is 2. The van der Waals surface area contributed by atoms with Crippen molar-refractivity contribution in [1.82, 2.24) is 4.90 Å². The summed E-state index contributed by atoms with van der Waals surface area (Å²) in [5.41, 5.74) is 0.688. The summed E-state index contributed by atoms with van der Waals surface area (Å²) >= 11 is 0. The third-order valence-corrected chi connectivity index (χ3v) is 2.36. The Morgan fingerprint density at radius 2 is 1.94 bits per heavy atom. The normalized spacial score (nSPS) is 10.8. The molecule has 0 aromatic heterocycles. The molecule has 0 aliphatic carbocycles. The zero-order valence-electron chi connectivity index (χ0n) is 9.82. The number of Topliss-reactive ketones (excluding diaryl/α,β-unsaturated/α-hetero) is 1. The minimum absolute atomic E-state index is 0.0213. The molecule has 1 aromatic rings. The highest BCUT2D eigenvalue weighted by Crippen LogP contribution is 2.31. The molecule has 0 saturated heterocycles. The van der Waals surface area contributed by atoms with Crippen LogP contribution in [-0.2, 0) is 6.42 Å². The van der Waals surface area contributed by atoms with E-state index in [0.29, 0.717) is 12.0 Å². The fourth-order valence-corrected chi connectivity index (χ4v) is 1.55. The molecular weight excluding hydrogens is 206 g/mol. The topological polar surface area (TPSA) is 60.8 Å². The quantitative estimate of drug-likeness (QED) is 0.757. The summed E-state index contributed by atoms with van der Waals surface area (Å²) in [6.07, 6.45) is 0.619. The van der Waals surface area contributed by atoms with Crippen LogP contribution in [-0.4, -0.2) is 41.5 Å². The molecule has 4 heteroatoms. The standard InChI is InChI=1S/C12H17NO3/c1-4-8-5-6-9(14)11(12(8)16)10(15)7-13(2)3/h5-6,14,16H,4,7H2,1-3H3. The Hall–Kier alpha value is -1.55. The Kier molecular flexibility index (Phi) is 3.90. The molecule has 0 aliphatic rings. The van der Waals surface area contributed by atoms with E-state index in [-0.39, 0.29) is 29.4 Å². The van der Waals surface area contributed by atoms with Crippen LogP contribution in [0.15, 0.2) is 12.1 Å². The molecule has 16 heavy (non-hydrogen) atoms. The van der Waals surface area contributed by atoms with Crippen molar-refractivity contribution in [2.24, 2.45) is 0 Å². The molecule has 0 spiro atoms. The summed E-state index contributed by atoms with van der Waals surface area (Å²) in [7, 11) is 3.52. The van der Waals surface area contributed by atoms with Crippen LogP contribution in [0.5, 0.6) is 11.5 Å². The largest absolute Gasteiger partial charge is 0.507 e. The fourth-order valence-electron chi connectivity index (χ4n) is 1.55. The molecule has 1 aromatic carbocycles. The lowest BCUT2D eigenvalue weighted by Crippen LogP contribution is -2.22. The van der Waals surface area contributed by atoms with Gasteiger partial charge in [-0.25, -0.2) is 0 Å². The van der Waals surface area contributed by atoms with E-state index in [1.165, 1.54) is 6.07 Å². The predicted molar refractivity (Wildman–Crippen MR) is 62.0 cm³/mol. The van der Waals surface area contributed by atoms with E-state index in [2.05, 4.69) is 0 Å². The number of phenolic OH excluding ortho intramolecular Hbond substituents is 2. The number of hydrogen-bond acceptors (Lipinski definition) is 4. The summed E-state index contributed by atoms with van der Waals surface area (Å²) in [4.78, 5) is 13.5. The molecule has 1 rings (SSSR count). The summed E-state index contributed by atoms with van der Waals surface area (Å²) in [5, 5.41) is 19.4. The average molecular weight is 223 g/mol. The summed E-state index contributed by atoms with van der Waals surface area (Å²) in [5.74, 6) is -0.550.